The van der Waals surface area contributed by atoms with E-state index < -0.39 is 0 Å². The van der Waals surface area contributed by atoms with E-state index in [0.717, 1.165) is 33.7 Å². The SMILES string of the molecule is Cc1cc(C=O)c(-c2ccc3ccccc3c2)cc1OCc1ncco1. The minimum absolute atomic E-state index is 0.242. The number of oxazole rings is 1. The van der Waals surface area contributed by atoms with Crippen molar-refractivity contribution in [2.24, 2.45) is 0 Å². The van der Waals surface area contributed by atoms with Gasteiger partial charge in [0, 0.05) is 5.56 Å². The predicted octanol–water partition coefficient (Wildman–Crippen LogP) is 5.19. The van der Waals surface area contributed by atoms with Gasteiger partial charge in [-0.05, 0) is 52.6 Å². The highest BCUT2D eigenvalue weighted by Crippen LogP contribution is 2.32. The Morgan fingerprint density at radius 3 is 2.69 bits per heavy atom. The van der Waals surface area contributed by atoms with Crippen LogP contribution in [0.5, 0.6) is 5.75 Å². The van der Waals surface area contributed by atoms with Crippen LogP contribution in [0.2, 0.25) is 0 Å². The van der Waals surface area contributed by atoms with Gasteiger partial charge < -0.3 is 9.15 Å². The second-order valence-corrected chi connectivity index (χ2v) is 6.10. The van der Waals surface area contributed by atoms with Gasteiger partial charge in [0.15, 0.2) is 12.9 Å². The van der Waals surface area contributed by atoms with Gasteiger partial charge in [0.25, 0.3) is 0 Å². The van der Waals surface area contributed by atoms with Crippen LogP contribution in [-0.4, -0.2) is 11.3 Å². The van der Waals surface area contributed by atoms with E-state index in [4.69, 9.17) is 9.15 Å². The summed E-state index contributed by atoms with van der Waals surface area (Å²) < 4.78 is 11.1. The average Bonchev–Trinajstić information content (AvgIpc) is 3.20. The first-order chi connectivity index (χ1) is 12.7. The number of aldehydes is 1. The molecule has 4 aromatic rings. The van der Waals surface area contributed by atoms with E-state index >= 15 is 0 Å². The molecule has 0 N–H and O–H groups in total. The largest absolute Gasteiger partial charge is 0.484 e. The number of rotatable bonds is 5. The van der Waals surface area contributed by atoms with E-state index in [-0.39, 0.29) is 6.61 Å². The third-order valence-corrected chi connectivity index (χ3v) is 4.37. The van der Waals surface area contributed by atoms with E-state index in [1.54, 1.807) is 6.20 Å². The molecule has 0 spiro atoms. The number of aromatic nitrogens is 1. The van der Waals surface area contributed by atoms with Gasteiger partial charge in [0.1, 0.15) is 12.0 Å². The topological polar surface area (TPSA) is 52.3 Å². The fraction of sp³-hybridized carbons (Fsp3) is 0.0909. The average molecular weight is 343 g/mol. The lowest BCUT2D eigenvalue weighted by molar-refractivity contribution is 0.112. The van der Waals surface area contributed by atoms with E-state index in [0.29, 0.717) is 17.2 Å². The third-order valence-electron chi connectivity index (χ3n) is 4.37. The van der Waals surface area contributed by atoms with Crippen LogP contribution in [0.15, 0.2) is 71.5 Å². The molecule has 4 nitrogen and oxygen atoms in total. The first-order valence-electron chi connectivity index (χ1n) is 8.35. The van der Waals surface area contributed by atoms with Crippen molar-refractivity contribution in [2.45, 2.75) is 13.5 Å². The van der Waals surface area contributed by atoms with Crippen molar-refractivity contribution in [1.82, 2.24) is 4.98 Å². The Balaban J connectivity index is 1.75. The fourth-order valence-corrected chi connectivity index (χ4v) is 3.03. The molecule has 0 saturated heterocycles. The zero-order chi connectivity index (χ0) is 17.9. The second-order valence-electron chi connectivity index (χ2n) is 6.10. The summed E-state index contributed by atoms with van der Waals surface area (Å²) in [5.41, 5.74) is 3.36. The Labute approximate surface area is 151 Å². The van der Waals surface area contributed by atoms with Crippen molar-refractivity contribution in [3.63, 3.8) is 0 Å². The predicted molar refractivity (Wildman–Crippen MR) is 100 cm³/mol. The third kappa shape index (κ3) is 3.09. The van der Waals surface area contributed by atoms with Crippen LogP contribution in [0.25, 0.3) is 21.9 Å². The molecule has 0 aliphatic heterocycles. The zero-order valence-corrected chi connectivity index (χ0v) is 14.3. The van der Waals surface area contributed by atoms with Gasteiger partial charge in [-0.1, -0.05) is 36.4 Å². The summed E-state index contributed by atoms with van der Waals surface area (Å²) >= 11 is 0. The summed E-state index contributed by atoms with van der Waals surface area (Å²) in [7, 11) is 0. The molecular formula is C22H17NO3. The number of hydrogen-bond donors (Lipinski definition) is 0. The summed E-state index contributed by atoms with van der Waals surface area (Å²) in [5.74, 6) is 1.22. The molecule has 0 aliphatic carbocycles. The van der Waals surface area contributed by atoms with Crippen molar-refractivity contribution in [3.8, 4) is 16.9 Å². The van der Waals surface area contributed by atoms with Crippen LogP contribution >= 0.6 is 0 Å². The van der Waals surface area contributed by atoms with Crippen LogP contribution < -0.4 is 4.74 Å². The summed E-state index contributed by atoms with van der Waals surface area (Å²) in [5, 5.41) is 2.29. The van der Waals surface area contributed by atoms with Crippen LogP contribution in [0.3, 0.4) is 0 Å². The Kier molecular flexibility index (Phi) is 4.23. The first kappa shape index (κ1) is 16.1. The highest BCUT2D eigenvalue weighted by Gasteiger charge is 2.11. The quantitative estimate of drug-likeness (QED) is 0.468. The number of aryl methyl sites for hydroxylation is 1. The summed E-state index contributed by atoms with van der Waals surface area (Å²) in [4.78, 5) is 15.7. The second kappa shape index (κ2) is 6.84. The lowest BCUT2D eigenvalue weighted by Gasteiger charge is -2.13. The van der Waals surface area contributed by atoms with E-state index in [1.165, 1.54) is 6.26 Å². The number of fused-ring (bicyclic) bond motifs is 1. The molecule has 0 fully saturated rings. The lowest BCUT2D eigenvalue weighted by atomic mass is 9.96. The van der Waals surface area contributed by atoms with Crippen molar-refractivity contribution in [3.05, 3.63) is 84.1 Å². The fourth-order valence-electron chi connectivity index (χ4n) is 3.03. The molecule has 1 heterocycles. The number of carbonyl (C=O) groups is 1. The molecule has 0 saturated carbocycles. The molecule has 0 unspecified atom stereocenters. The maximum atomic E-state index is 11.6. The van der Waals surface area contributed by atoms with Gasteiger partial charge in [-0.15, -0.1) is 0 Å². The Bertz CT molecular complexity index is 1070. The molecule has 26 heavy (non-hydrogen) atoms. The van der Waals surface area contributed by atoms with Gasteiger partial charge in [-0.2, -0.15) is 0 Å². The molecule has 3 aromatic carbocycles. The summed E-state index contributed by atoms with van der Waals surface area (Å²) in [6, 6.07) is 18.1. The van der Waals surface area contributed by atoms with Gasteiger partial charge in [0.05, 0.1) is 6.20 Å². The maximum absolute atomic E-state index is 11.6. The molecule has 128 valence electrons. The van der Waals surface area contributed by atoms with Crippen molar-refractivity contribution in [1.29, 1.82) is 0 Å². The molecule has 0 atom stereocenters. The monoisotopic (exact) mass is 343 g/mol. The highest BCUT2D eigenvalue weighted by atomic mass is 16.5. The highest BCUT2D eigenvalue weighted by molar-refractivity contribution is 5.93. The van der Waals surface area contributed by atoms with E-state index in [1.807, 2.05) is 37.3 Å². The standard InChI is InChI=1S/C22H17NO3/c1-15-10-19(13-24)20(12-21(15)26-14-22-23-8-9-25-22)18-7-6-16-4-2-3-5-17(16)11-18/h2-13H,14H2,1H3. The van der Waals surface area contributed by atoms with Crippen LogP contribution in [-0.2, 0) is 6.61 Å². The number of benzene rings is 3. The maximum Gasteiger partial charge on any atom is 0.232 e. The van der Waals surface area contributed by atoms with Crippen LogP contribution in [0.4, 0.5) is 0 Å². The molecular weight excluding hydrogens is 326 g/mol. The first-order valence-corrected chi connectivity index (χ1v) is 8.35. The summed E-state index contributed by atoms with van der Waals surface area (Å²) in [6.45, 7) is 2.16. The number of ether oxygens (including phenoxy) is 1. The van der Waals surface area contributed by atoms with Gasteiger partial charge in [-0.25, -0.2) is 4.98 Å². The molecule has 0 amide bonds. The Morgan fingerprint density at radius 1 is 1.08 bits per heavy atom. The van der Waals surface area contributed by atoms with Gasteiger partial charge in [-0.3, -0.25) is 4.79 Å². The Hall–Kier alpha value is -3.40. The van der Waals surface area contributed by atoms with Gasteiger partial charge >= 0.3 is 0 Å². The molecule has 0 aliphatic rings. The van der Waals surface area contributed by atoms with Crippen LogP contribution in [0.1, 0.15) is 21.8 Å². The van der Waals surface area contributed by atoms with Crippen molar-refractivity contribution >= 4 is 17.1 Å². The smallest absolute Gasteiger partial charge is 0.232 e. The molecule has 4 rings (SSSR count). The normalized spacial score (nSPS) is 10.8. The van der Waals surface area contributed by atoms with Crippen molar-refractivity contribution in [2.75, 3.05) is 0 Å². The van der Waals surface area contributed by atoms with Crippen molar-refractivity contribution < 1.29 is 13.9 Å². The lowest BCUT2D eigenvalue weighted by Crippen LogP contribution is -1.99. The molecule has 1 aromatic heterocycles. The number of hydrogen-bond acceptors (Lipinski definition) is 4. The minimum Gasteiger partial charge on any atom is -0.484 e. The van der Waals surface area contributed by atoms with Gasteiger partial charge in [0.2, 0.25) is 5.89 Å². The van der Waals surface area contributed by atoms with E-state index in [9.17, 15) is 4.79 Å². The Morgan fingerprint density at radius 2 is 1.92 bits per heavy atom. The van der Waals surface area contributed by atoms with Crippen LogP contribution in [0, 0.1) is 6.92 Å². The minimum atomic E-state index is 0.242. The molecule has 4 heteroatoms. The zero-order valence-electron chi connectivity index (χ0n) is 14.3. The number of nitrogens with zero attached hydrogens (tertiary/aromatic N) is 1. The number of carbonyl (C=O) groups excluding carboxylic acids is 1. The molecule has 0 radical (unpaired) electrons. The molecule has 0 bridgehead atoms. The van der Waals surface area contributed by atoms with E-state index in [2.05, 4.69) is 29.2 Å². The summed E-state index contributed by atoms with van der Waals surface area (Å²) in [6.07, 6.45) is 3.98.